The Morgan fingerprint density at radius 2 is 1.88 bits per heavy atom. The molecular weight excluding hydrogens is 316 g/mol. The molecule has 7 nitrogen and oxygen atoms in total. The van der Waals surface area contributed by atoms with E-state index in [1.807, 2.05) is 42.5 Å². The third kappa shape index (κ3) is 3.56. The fraction of sp³-hybridized carbons (Fsp3) is 0.389. The third-order valence-electron chi connectivity index (χ3n) is 4.63. The van der Waals surface area contributed by atoms with E-state index in [0.29, 0.717) is 12.5 Å². The van der Waals surface area contributed by atoms with E-state index in [-0.39, 0.29) is 6.04 Å². The first-order valence-electron chi connectivity index (χ1n) is 8.77. The molecule has 1 aromatic carbocycles. The van der Waals surface area contributed by atoms with Crippen LogP contribution in [0.25, 0.3) is 5.69 Å². The van der Waals surface area contributed by atoms with E-state index in [4.69, 9.17) is 4.42 Å². The van der Waals surface area contributed by atoms with Crippen LogP contribution in [0.4, 0.5) is 5.95 Å². The lowest BCUT2D eigenvalue weighted by Crippen LogP contribution is -2.37. The van der Waals surface area contributed by atoms with Gasteiger partial charge in [0.15, 0.2) is 0 Å². The number of likely N-dealkylation sites (tertiary alicyclic amines) is 1. The number of anilines is 1. The second-order valence-corrected chi connectivity index (χ2v) is 6.26. The van der Waals surface area contributed by atoms with Crippen LogP contribution in [-0.4, -0.2) is 44.7 Å². The monoisotopic (exact) mass is 338 g/mol. The Labute approximate surface area is 146 Å². The van der Waals surface area contributed by atoms with Crippen LogP contribution in [0.15, 0.2) is 53.1 Å². The summed E-state index contributed by atoms with van der Waals surface area (Å²) in [6.07, 6.45) is 5.51. The number of furan rings is 1. The molecule has 0 saturated carbocycles. The molecule has 0 radical (unpaired) electrons. The molecule has 3 aromatic rings. The second kappa shape index (κ2) is 7.48. The highest BCUT2D eigenvalue weighted by molar-refractivity contribution is 5.38. The first-order chi connectivity index (χ1) is 12.4. The summed E-state index contributed by atoms with van der Waals surface area (Å²) in [7, 11) is 0. The smallest absolute Gasteiger partial charge is 0.247 e. The maximum atomic E-state index is 5.69. The fourth-order valence-electron chi connectivity index (χ4n) is 3.35. The maximum absolute atomic E-state index is 5.69. The number of benzene rings is 1. The van der Waals surface area contributed by atoms with Crippen LogP contribution in [0, 0.1) is 0 Å². The van der Waals surface area contributed by atoms with Gasteiger partial charge in [-0.05, 0) is 60.6 Å². The van der Waals surface area contributed by atoms with E-state index in [0.717, 1.165) is 24.5 Å². The van der Waals surface area contributed by atoms with Crippen molar-refractivity contribution in [2.24, 2.45) is 0 Å². The van der Waals surface area contributed by atoms with Gasteiger partial charge in [0, 0.05) is 6.54 Å². The first-order valence-corrected chi connectivity index (χ1v) is 8.77. The Morgan fingerprint density at radius 1 is 1.04 bits per heavy atom. The van der Waals surface area contributed by atoms with Crippen LogP contribution in [0.5, 0.6) is 0 Å². The summed E-state index contributed by atoms with van der Waals surface area (Å²) in [4.78, 5) is 2.48. The zero-order valence-electron chi connectivity index (χ0n) is 14.1. The number of rotatable bonds is 6. The maximum Gasteiger partial charge on any atom is 0.247 e. The molecular formula is C18H22N6O. The Balaban J connectivity index is 1.51. The Bertz CT molecular complexity index is 764. The van der Waals surface area contributed by atoms with Crippen molar-refractivity contribution in [3.63, 3.8) is 0 Å². The van der Waals surface area contributed by atoms with Gasteiger partial charge in [-0.15, -0.1) is 0 Å². The Hall–Kier alpha value is -2.67. The standard InChI is InChI=1S/C18H22N6O/c1-3-8-15(9-4-1)24-18(20-21-22-24)19-14-16(17-10-7-13-25-17)23-11-5-2-6-12-23/h1,3-4,7-10,13,16H,2,5-6,11-12,14H2,(H,19,20,22)/t16-/m0/s1. The molecule has 1 aliphatic rings. The summed E-state index contributed by atoms with van der Waals surface area (Å²) >= 11 is 0. The van der Waals surface area contributed by atoms with Crippen molar-refractivity contribution < 1.29 is 4.42 Å². The minimum absolute atomic E-state index is 0.177. The highest BCUT2D eigenvalue weighted by Gasteiger charge is 2.25. The van der Waals surface area contributed by atoms with Gasteiger partial charge >= 0.3 is 0 Å². The van der Waals surface area contributed by atoms with E-state index < -0.39 is 0 Å². The van der Waals surface area contributed by atoms with Crippen molar-refractivity contribution in [1.82, 2.24) is 25.1 Å². The van der Waals surface area contributed by atoms with E-state index >= 15 is 0 Å². The quantitative estimate of drug-likeness (QED) is 0.745. The van der Waals surface area contributed by atoms with Crippen molar-refractivity contribution in [3.8, 4) is 5.69 Å². The largest absolute Gasteiger partial charge is 0.468 e. The molecule has 0 spiro atoms. The molecule has 2 aromatic heterocycles. The number of nitrogens with zero attached hydrogens (tertiary/aromatic N) is 5. The number of hydrogen-bond donors (Lipinski definition) is 1. The lowest BCUT2D eigenvalue weighted by atomic mass is 10.1. The molecule has 1 N–H and O–H groups in total. The lowest BCUT2D eigenvalue weighted by Gasteiger charge is -2.33. The molecule has 0 unspecified atom stereocenters. The van der Waals surface area contributed by atoms with Gasteiger partial charge in [-0.2, -0.15) is 4.68 Å². The van der Waals surface area contributed by atoms with Gasteiger partial charge in [0.25, 0.3) is 0 Å². The second-order valence-electron chi connectivity index (χ2n) is 6.26. The third-order valence-corrected chi connectivity index (χ3v) is 4.63. The summed E-state index contributed by atoms with van der Waals surface area (Å²) in [6.45, 7) is 2.88. The number of piperidine rings is 1. The minimum atomic E-state index is 0.177. The van der Waals surface area contributed by atoms with Crippen molar-refractivity contribution in [2.75, 3.05) is 25.0 Å². The first kappa shape index (κ1) is 15.8. The summed E-state index contributed by atoms with van der Waals surface area (Å²) < 4.78 is 7.41. The number of para-hydroxylation sites is 1. The summed E-state index contributed by atoms with van der Waals surface area (Å²) in [5.74, 6) is 1.62. The van der Waals surface area contributed by atoms with Crippen LogP contribution in [0.3, 0.4) is 0 Å². The molecule has 0 amide bonds. The SMILES string of the molecule is c1ccc(-n2nnnc2NC[C@@H](c2ccco2)N2CCCCC2)cc1. The Morgan fingerprint density at radius 3 is 2.64 bits per heavy atom. The predicted molar refractivity (Wildman–Crippen MR) is 94.5 cm³/mol. The van der Waals surface area contributed by atoms with Crippen molar-refractivity contribution >= 4 is 5.95 Å². The van der Waals surface area contributed by atoms with Crippen LogP contribution >= 0.6 is 0 Å². The summed E-state index contributed by atoms with van der Waals surface area (Å²) in [6, 6.07) is 14.1. The molecule has 1 saturated heterocycles. The molecule has 0 bridgehead atoms. The number of nitrogens with one attached hydrogen (secondary N) is 1. The normalized spacial score (nSPS) is 16.6. The topological polar surface area (TPSA) is 72.0 Å². The average Bonchev–Trinajstić information content (AvgIpc) is 3.36. The molecule has 1 aliphatic heterocycles. The van der Waals surface area contributed by atoms with Gasteiger partial charge in [-0.3, -0.25) is 4.90 Å². The van der Waals surface area contributed by atoms with Crippen molar-refractivity contribution in [3.05, 3.63) is 54.5 Å². The van der Waals surface area contributed by atoms with E-state index in [1.165, 1.54) is 19.3 Å². The Kier molecular flexibility index (Phi) is 4.74. The molecule has 130 valence electrons. The van der Waals surface area contributed by atoms with Gasteiger partial charge in [-0.25, -0.2) is 0 Å². The highest BCUT2D eigenvalue weighted by Crippen LogP contribution is 2.25. The molecule has 4 rings (SSSR count). The summed E-state index contributed by atoms with van der Waals surface area (Å²) in [5.41, 5.74) is 0.933. The highest BCUT2D eigenvalue weighted by atomic mass is 16.3. The minimum Gasteiger partial charge on any atom is -0.468 e. The van der Waals surface area contributed by atoms with Gasteiger partial charge in [0.2, 0.25) is 5.95 Å². The van der Waals surface area contributed by atoms with Crippen LogP contribution in [0.1, 0.15) is 31.1 Å². The average molecular weight is 338 g/mol. The van der Waals surface area contributed by atoms with Crippen LogP contribution in [0.2, 0.25) is 0 Å². The number of tetrazole rings is 1. The predicted octanol–water partition coefficient (Wildman–Crippen LogP) is 2.89. The molecule has 1 atom stereocenters. The molecule has 1 fully saturated rings. The van der Waals surface area contributed by atoms with Gasteiger partial charge < -0.3 is 9.73 Å². The van der Waals surface area contributed by atoms with E-state index in [2.05, 4.69) is 25.7 Å². The molecule has 7 heteroatoms. The fourth-order valence-corrected chi connectivity index (χ4v) is 3.35. The van der Waals surface area contributed by atoms with E-state index in [9.17, 15) is 0 Å². The van der Waals surface area contributed by atoms with Crippen molar-refractivity contribution in [1.29, 1.82) is 0 Å². The molecule has 0 aliphatic carbocycles. The molecule has 3 heterocycles. The van der Waals surface area contributed by atoms with Crippen LogP contribution < -0.4 is 5.32 Å². The number of hydrogen-bond acceptors (Lipinski definition) is 6. The zero-order chi connectivity index (χ0) is 16.9. The van der Waals surface area contributed by atoms with Crippen molar-refractivity contribution in [2.45, 2.75) is 25.3 Å². The van der Waals surface area contributed by atoms with Gasteiger partial charge in [0.1, 0.15) is 5.76 Å². The molecule has 25 heavy (non-hydrogen) atoms. The van der Waals surface area contributed by atoms with E-state index in [1.54, 1.807) is 10.9 Å². The van der Waals surface area contributed by atoms with Gasteiger partial charge in [-0.1, -0.05) is 29.7 Å². The lowest BCUT2D eigenvalue weighted by molar-refractivity contribution is 0.152. The summed E-state index contributed by atoms with van der Waals surface area (Å²) in [5, 5.41) is 15.4. The van der Waals surface area contributed by atoms with Gasteiger partial charge in [0.05, 0.1) is 18.0 Å². The zero-order valence-corrected chi connectivity index (χ0v) is 14.1. The van der Waals surface area contributed by atoms with Crippen LogP contribution in [-0.2, 0) is 0 Å². The number of aromatic nitrogens is 4.